The van der Waals surface area contributed by atoms with Gasteiger partial charge < -0.3 is 9.84 Å². The van der Waals surface area contributed by atoms with Gasteiger partial charge in [0.15, 0.2) is 0 Å². The maximum atomic E-state index is 14.4. The summed E-state index contributed by atoms with van der Waals surface area (Å²) in [5.41, 5.74) is 1.45. The second-order valence-corrected chi connectivity index (χ2v) is 6.67. The molecular formula is C19H20FNO2. The van der Waals surface area contributed by atoms with E-state index < -0.39 is 5.41 Å². The molecule has 1 N–H and O–H groups in total. The van der Waals surface area contributed by atoms with Crippen LogP contribution < -0.4 is 4.74 Å². The Balaban J connectivity index is 1.65. The average Bonchev–Trinajstić information content (AvgIpc) is 2.94. The quantitative estimate of drug-likeness (QED) is 0.946. The van der Waals surface area contributed by atoms with Gasteiger partial charge in [0.2, 0.25) is 0 Å². The molecule has 23 heavy (non-hydrogen) atoms. The molecule has 0 amide bonds. The van der Waals surface area contributed by atoms with Crippen molar-refractivity contribution in [3.63, 3.8) is 0 Å². The second-order valence-electron chi connectivity index (χ2n) is 6.67. The Morgan fingerprint density at radius 3 is 2.78 bits per heavy atom. The third-order valence-electron chi connectivity index (χ3n) is 5.16. The highest BCUT2D eigenvalue weighted by molar-refractivity contribution is 5.42. The van der Waals surface area contributed by atoms with Gasteiger partial charge in [-0.15, -0.1) is 0 Å². The Morgan fingerprint density at radius 2 is 2.00 bits per heavy atom. The van der Waals surface area contributed by atoms with Crippen LogP contribution in [0, 0.1) is 11.2 Å². The molecule has 0 saturated carbocycles. The second kappa shape index (κ2) is 5.62. The standard InChI is InChI=1S/C19H20FNO2/c20-16-7-4-8-17-18(16)15-10-21(9-14-5-2-1-3-6-14)11-19(15,12-22)13-23-17/h1-8,15,22H,9-13H2. The zero-order valence-electron chi connectivity index (χ0n) is 12.9. The van der Waals surface area contributed by atoms with E-state index in [0.29, 0.717) is 17.9 Å². The van der Waals surface area contributed by atoms with Crippen molar-refractivity contribution in [1.82, 2.24) is 4.90 Å². The lowest BCUT2D eigenvalue weighted by Crippen LogP contribution is -2.42. The Labute approximate surface area is 135 Å². The van der Waals surface area contributed by atoms with Gasteiger partial charge in [0.1, 0.15) is 11.6 Å². The van der Waals surface area contributed by atoms with Crippen LogP contribution in [0.4, 0.5) is 4.39 Å². The van der Waals surface area contributed by atoms with Gasteiger partial charge in [0, 0.05) is 36.5 Å². The van der Waals surface area contributed by atoms with Crippen LogP contribution in [-0.4, -0.2) is 36.3 Å². The van der Waals surface area contributed by atoms with Crippen molar-refractivity contribution in [2.75, 3.05) is 26.3 Å². The molecule has 120 valence electrons. The highest BCUT2D eigenvalue weighted by atomic mass is 19.1. The van der Waals surface area contributed by atoms with Crippen molar-refractivity contribution in [3.8, 4) is 5.75 Å². The normalized spacial score (nSPS) is 26.4. The molecular weight excluding hydrogens is 293 g/mol. The molecule has 2 aromatic carbocycles. The molecule has 3 nitrogen and oxygen atoms in total. The highest BCUT2D eigenvalue weighted by Gasteiger charge is 2.51. The number of aliphatic hydroxyl groups is 1. The predicted molar refractivity (Wildman–Crippen MR) is 85.9 cm³/mol. The summed E-state index contributed by atoms with van der Waals surface area (Å²) in [5, 5.41) is 10.0. The van der Waals surface area contributed by atoms with Gasteiger partial charge in [0.25, 0.3) is 0 Å². The van der Waals surface area contributed by atoms with Crippen LogP contribution in [0.3, 0.4) is 0 Å². The van der Waals surface area contributed by atoms with Crippen molar-refractivity contribution in [2.45, 2.75) is 12.5 Å². The molecule has 0 radical (unpaired) electrons. The van der Waals surface area contributed by atoms with Gasteiger partial charge in [-0.1, -0.05) is 36.4 Å². The van der Waals surface area contributed by atoms with E-state index in [9.17, 15) is 9.50 Å². The van der Waals surface area contributed by atoms with Crippen molar-refractivity contribution >= 4 is 0 Å². The summed E-state index contributed by atoms with van der Waals surface area (Å²) in [4.78, 5) is 2.29. The molecule has 4 heteroatoms. The van der Waals surface area contributed by atoms with E-state index in [-0.39, 0.29) is 18.3 Å². The number of aliphatic hydroxyl groups excluding tert-OH is 1. The van der Waals surface area contributed by atoms with E-state index in [1.54, 1.807) is 6.07 Å². The number of halogens is 1. The molecule has 4 rings (SSSR count). The molecule has 2 unspecified atom stereocenters. The van der Waals surface area contributed by atoms with Crippen LogP contribution in [0.25, 0.3) is 0 Å². The van der Waals surface area contributed by atoms with E-state index in [1.165, 1.54) is 11.6 Å². The Bertz CT molecular complexity index is 706. The Kier molecular flexibility index (Phi) is 3.58. The van der Waals surface area contributed by atoms with Crippen molar-refractivity contribution in [3.05, 3.63) is 65.5 Å². The lowest BCUT2D eigenvalue weighted by molar-refractivity contribution is 0.0443. The van der Waals surface area contributed by atoms with E-state index in [0.717, 1.165) is 19.6 Å². The smallest absolute Gasteiger partial charge is 0.130 e. The van der Waals surface area contributed by atoms with Crippen LogP contribution >= 0.6 is 0 Å². The summed E-state index contributed by atoms with van der Waals surface area (Å²) in [6.45, 7) is 2.72. The molecule has 0 aliphatic carbocycles. The first-order valence-electron chi connectivity index (χ1n) is 8.00. The fraction of sp³-hybridized carbons (Fsp3) is 0.368. The first kappa shape index (κ1) is 14.7. The maximum Gasteiger partial charge on any atom is 0.130 e. The number of rotatable bonds is 3. The van der Waals surface area contributed by atoms with Gasteiger partial charge in [-0.3, -0.25) is 4.90 Å². The first-order chi connectivity index (χ1) is 11.2. The van der Waals surface area contributed by atoms with Gasteiger partial charge >= 0.3 is 0 Å². The van der Waals surface area contributed by atoms with Crippen molar-refractivity contribution in [2.24, 2.45) is 5.41 Å². The minimum Gasteiger partial charge on any atom is -0.492 e. The molecule has 1 fully saturated rings. The molecule has 2 atom stereocenters. The van der Waals surface area contributed by atoms with E-state index in [4.69, 9.17) is 4.74 Å². The third kappa shape index (κ3) is 2.42. The SMILES string of the molecule is OCC12COc3cccc(F)c3C1CN(Cc1ccccc1)C2. The zero-order chi connectivity index (χ0) is 15.9. The predicted octanol–water partition coefficient (Wildman–Crippen LogP) is 2.80. The number of fused-ring (bicyclic) bond motifs is 3. The number of ether oxygens (including phenoxy) is 1. The van der Waals surface area contributed by atoms with Gasteiger partial charge in [-0.05, 0) is 17.7 Å². The minimum absolute atomic E-state index is 0.0106. The Morgan fingerprint density at radius 1 is 1.17 bits per heavy atom. The zero-order valence-corrected chi connectivity index (χ0v) is 12.9. The number of likely N-dealkylation sites (tertiary alicyclic amines) is 1. The largest absolute Gasteiger partial charge is 0.492 e. The molecule has 0 aromatic heterocycles. The lowest BCUT2D eigenvalue weighted by atomic mass is 9.73. The van der Waals surface area contributed by atoms with Gasteiger partial charge in [0.05, 0.1) is 13.2 Å². The monoisotopic (exact) mass is 313 g/mol. The molecule has 2 aliphatic rings. The number of nitrogens with zero attached hydrogens (tertiary/aromatic N) is 1. The third-order valence-corrected chi connectivity index (χ3v) is 5.16. The summed E-state index contributed by atoms with van der Waals surface area (Å²) in [7, 11) is 0. The molecule has 2 aliphatic heterocycles. The lowest BCUT2D eigenvalue weighted by Gasteiger charge is -2.38. The Hall–Kier alpha value is -1.91. The average molecular weight is 313 g/mol. The fourth-order valence-electron chi connectivity index (χ4n) is 3.99. The number of hydrogen-bond acceptors (Lipinski definition) is 3. The molecule has 0 spiro atoms. The van der Waals surface area contributed by atoms with Crippen LogP contribution in [0.1, 0.15) is 17.0 Å². The summed E-state index contributed by atoms with van der Waals surface area (Å²) in [5.74, 6) is 0.369. The molecule has 0 bridgehead atoms. The van der Waals surface area contributed by atoms with E-state index in [2.05, 4.69) is 17.0 Å². The maximum absolute atomic E-state index is 14.4. The molecule has 2 heterocycles. The summed E-state index contributed by atoms with van der Waals surface area (Å²) in [6.07, 6.45) is 0. The van der Waals surface area contributed by atoms with Gasteiger partial charge in [-0.2, -0.15) is 0 Å². The van der Waals surface area contributed by atoms with Crippen LogP contribution in [0.2, 0.25) is 0 Å². The van der Waals surface area contributed by atoms with Crippen LogP contribution in [0.15, 0.2) is 48.5 Å². The summed E-state index contributed by atoms with van der Waals surface area (Å²) in [6, 6.07) is 15.2. The van der Waals surface area contributed by atoms with Gasteiger partial charge in [-0.25, -0.2) is 4.39 Å². The topological polar surface area (TPSA) is 32.7 Å². The van der Waals surface area contributed by atoms with Crippen LogP contribution in [-0.2, 0) is 6.54 Å². The fourth-order valence-corrected chi connectivity index (χ4v) is 3.99. The summed E-state index contributed by atoms with van der Waals surface area (Å²) < 4.78 is 20.2. The van der Waals surface area contributed by atoms with Crippen molar-refractivity contribution < 1.29 is 14.2 Å². The van der Waals surface area contributed by atoms with Crippen LogP contribution in [0.5, 0.6) is 5.75 Å². The summed E-state index contributed by atoms with van der Waals surface area (Å²) >= 11 is 0. The highest BCUT2D eigenvalue weighted by Crippen LogP contribution is 2.50. The van der Waals surface area contributed by atoms with Crippen molar-refractivity contribution in [1.29, 1.82) is 0 Å². The first-order valence-corrected chi connectivity index (χ1v) is 8.00. The molecule has 1 saturated heterocycles. The number of benzene rings is 2. The van der Waals surface area contributed by atoms with E-state index >= 15 is 0 Å². The molecule has 2 aromatic rings. The minimum atomic E-state index is -0.413. The van der Waals surface area contributed by atoms with E-state index in [1.807, 2.05) is 24.3 Å². The number of hydrogen-bond donors (Lipinski definition) is 1.